The van der Waals surface area contributed by atoms with Crippen molar-refractivity contribution in [2.75, 3.05) is 18.4 Å². The van der Waals surface area contributed by atoms with Crippen molar-refractivity contribution in [1.29, 1.82) is 0 Å². The van der Waals surface area contributed by atoms with Crippen molar-refractivity contribution in [3.8, 4) is 0 Å². The predicted octanol–water partition coefficient (Wildman–Crippen LogP) is 1.71. The van der Waals surface area contributed by atoms with E-state index in [2.05, 4.69) is 21.2 Å². The maximum absolute atomic E-state index is 11.9. The molecule has 2 amide bonds. The summed E-state index contributed by atoms with van der Waals surface area (Å²) >= 11 is 3.30. The molecule has 0 radical (unpaired) electrons. The third-order valence-electron chi connectivity index (χ3n) is 3.31. The highest BCUT2D eigenvalue weighted by Crippen LogP contribution is 2.18. The van der Waals surface area contributed by atoms with Crippen LogP contribution in [0.25, 0.3) is 0 Å². The van der Waals surface area contributed by atoms with Gasteiger partial charge in [-0.25, -0.2) is 0 Å². The Morgan fingerprint density at radius 1 is 1.33 bits per heavy atom. The fourth-order valence-corrected chi connectivity index (χ4v) is 2.44. The van der Waals surface area contributed by atoms with Crippen LogP contribution in [0.3, 0.4) is 0 Å². The van der Waals surface area contributed by atoms with Gasteiger partial charge in [0.15, 0.2) is 0 Å². The number of amides is 2. The summed E-state index contributed by atoms with van der Waals surface area (Å²) < 4.78 is 0.899. The highest BCUT2D eigenvalue weighted by molar-refractivity contribution is 9.10. The molecule has 2 rings (SSSR count). The molecule has 0 bridgehead atoms. The van der Waals surface area contributed by atoms with Crippen LogP contribution in [-0.4, -0.2) is 40.9 Å². The zero-order chi connectivity index (χ0) is 15.4. The second kappa shape index (κ2) is 6.71. The molecule has 1 atom stereocenters. The number of carboxylic acid groups (broad SMARTS) is 1. The van der Waals surface area contributed by atoms with Crippen molar-refractivity contribution in [3.63, 3.8) is 0 Å². The number of nitrogens with zero attached hydrogens (tertiary/aromatic N) is 1. The molecule has 1 unspecified atom stereocenters. The van der Waals surface area contributed by atoms with Crippen molar-refractivity contribution < 1.29 is 19.5 Å². The molecular formula is C14H15BrN2O4. The standard InChI is InChI=1S/C14H15BrN2O4/c15-10-2-4-11(5-3-10)16-12(18)8-17-7-9(14(20)21)1-6-13(17)19/h2-5,9H,1,6-8H2,(H,16,18)(H,20,21). The molecule has 1 aromatic rings. The highest BCUT2D eigenvalue weighted by Gasteiger charge is 2.30. The largest absolute Gasteiger partial charge is 0.481 e. The van der Waals surface area contributed by atoms with E-state index >= 15 is 0 Å². The fraction of sp³-hybridized carbons (Fsp3) is 0.357. The average Bonchev–Trinajstić information content (AvgIpc) is 2.43. The van der Waals surface area contributed by atoms with E-state index in [0.717, 1.165) is 4.47 Å². The van der Waals surface area contributed by atoms with Crippen LogP contribution < -0.4 is 5.32 Å². The molecule has 0 spiro atoms. The van der Waals surface area contributed by atoms with Gasteiger partial charge in [0.25, 0.3) is 0 Å². The number of nitrogens with one attached hydrogen (secondary N) is 1. The Morgan fingerprint density at radius 2 is 2.00 bits per heavy atom. The summed E-state index contributed by atoms with van der Waals surface area (Å²) in [6.07, 6.45) is 0.502. The number of carbonyl (C=O) groups is 3. The van der Waals surface area contributed by atoms with Crippen LogP contribution in [0.1, 0.15) is 12.8 Å². The lowest BCUT2D eigenvalue weighted by molar-refractivity contribution is -0.148. The van der Waals surface area contributed by atoms with Crippen molar-refractivity contribution in [2.24, 2.45) is 5.92 Å². The number of piperidine rings is 1. The number of benzene rings is 1. The summed E-state index contributed by atoms with van der Waals surface area (Å²) in [5, 5.41) is 11.7. The lowest BCUT2D eigenvalue weighted by Crippen LogP contribution is -2.46. The molecule has 0 aliphatic carbocycles. The Labute approximate surface area is 130 Å². The van der Waals surface area contributed by atoms with Crippen LogP contribution in [-0.2, 0) is 14.4 Å². The third-order valence-corrected chi connectivity index (χ3v) is 3.84. The Hall–Kier alpha value is -1.89. The smallest absolute Gasteiger partial charge is 0.308 e. The van der Waals surface area contributed by atoms with Gasteiger partial charge < -0.3 is 15.3 Å². The Kier molecular flexibility index (Phi) is 4.95. The van der Waals surface area contributed by atoms with Crippen LogP contribution in [0, 0.1) is 5.92 Å². The number of rotatable bonds is 4. The fourth-order valence-electron chi connectivity index (χ4n) is 2.18. The first kappa shape index (κ1) is 15.5. The first-order valence-corrected chi connectivity index (χ1v) is 7.31. The maximum Gasteiger partial charge on any atom is 0.308 e. The Balaban J connectivity index is 1.93. The van der Waals surface area contributed by atoms with Gasteiger partial charge in [0.2, 0.25) is 11.8 Å². The minimum Gasteiger partial charge on any atom is -0.481 e. The van der Waals surface area contributed by atoms with E-state index in [4.69, 9.17) is 5.11 Å². The van der Waals surface area contributed by atoms with Crippen molar-refractivity contribution in [3.05, 3.63) is 28.7 Å². The molecule has 7 heteroatoms. The molecule has 21 heavy (non-hydrogen) atoms. The van der Waals surface area contributed by atoms with Crippen LogP contribution >= 0.6 is 15.9 Å². The third kappa shape index (κ3) is 4.29. The average molecular weight is 355 g/mol. The molecule has 2 N–H and O–H groups in total. The van der Waals surface area contributed by atoms with E-state index in [0.29, 0.717) is 12.1 Å². The molecular weight excluding hydrogens is 340 g/mol. The number of anilines is 1. The number of likely N-dealkylation sites (tertiary alicyclic amines) is 1. The molecule has 0 aromatic heterocycles. The van der Waals surface area contributed by atoms with Crippen LogP contribution in [0.2, 0.25) is 0 Å². The van der Waals surface area contributed by atoms with Gasteiger partial charge in [-0.2, -0.15) is 0 Å². The molecule has 6 nitrogen and oxygen atoms in total. The summed E-state index contributed by atoms with van der Waals surface area (Å²) in [6, 6.07) is 7.06. The molecule has 1 heterocycles. The van der Waals surface area contributed by atoms with Crippen LogP contribution in [0.15, 0.2) is 28.7 Å². The van der Waals surface area contributed by atoms with Gasteiger partial charge in [-0.3, -0.25) is 14.4 Å². The monoisotopic (exact) mass is 354 g/mol. The van der Waals surface area contributed by atoms with Crippen molar-refractivity contribution >= 4 is 39.4 Å². The number of hydrogen-bond donors (Lipinski definition) is 2. The Morgan fingerprint density at radius 3 is 2.62 bits per heavy atom. The molecule has 0 saturated carbocycles. The minimum absolute atomic E-state index is 0.0852. The van der Waals surface area contributed by atoms with E-state index in [1.165, 1.54) is 4.90 Å². The maximum atomic E-state index is 11.9. The molecule has 1 aliphatic rings. The molecule has 1 saturated heterocycles. The second-order valence-electron chi connectivity index (χ2n) is 4.90. The summed E-state index contributed by atoms with van der Waals surface area (Å²) in [5.74, 6) is -2.04. The van der Waals surface area contributed by atoms with E-state index in [1.807, 2.05) is 0 Å². The van der Waals surface area contributed by atoms with E-state index in [9.17, 15) is 14.4 Å². The van der Waals surface area contributed by atoms with Gasteiger partial charge in [-0.1, -0.05) is 15.9 Å². The summed E-state index contributed by atoms with van der Waals surface area (Å²) in [5.41, 5.74) is 0.627. The highest BCUT2D eigenvalue weighted by atomic mass is 79.9. The van der Waals surface area contributed by atoms with Crippen LogP contribution in [0.5, 0.6) is 0 Å². The lowest BCUT2D eigenvalue weighted by atomic mass is 9.98. The van der Waals surface area contributed by atoms with Gasteiger partial charge >= 0.3 is 5.97 Å². The molecule has 1 fully saturated rings. The summed E-state index contributed by atoms with van der Waals surface area (Å²) in [4.78, 5) is 35.9. The van der Waals surface area contributed by atoms with Gasteiger partial charge in [-0.15, -0.1) is 0 Å². The van der Waals surface area contributed by atoms with Gasteiger partial charge in [0.1, 0.15) is 0 Å². The zero-order valence-corrected chi connectivity index (χ0v) is 12.8. The number of aliphatic carboxylic acids is 1. The van der Waals surface area contributed by atoms with Crippen molar-refractivity contribution in [2.45, 2.75) is 12.8 Å². The quantitative estimate of drug-likeness (QED) is 0.861. The summed E-state index contributed by atoms with van der Waals surface area (Å²) in [6.45, 7) is -0.0411. The first-order chi connectivity index (χ1) is 9.95. The predicted molar refractivity (Wildman–Crippen MR) is 79.7 cm³/mol. The number of carboxylic acids is 1. The molecule has 112 valence electrons. The number of hydrogen-bond acceptors (Lipinski definition) is 3. The first-order valence-electron chi connectivity index (χ1n) is 6.51. The normalized spacial score (nSPS) is 18.4. The SMILES string of the molecule is O=C(CN1CC(C(=O)O)CCC1=O)Nc1ccc(Br)cc1. The topological polar surface area (TPSA) is 86.7 Å². The van der Waals surface area contributed by atoms with Gasteiger partial charge in [-0.05, 0) is 30.7 Å². The second-order valence-corrected chi connectivity index (χ2v) is 5.82. The van der Waals surface area contributed by atoms with E-state index in [1.54, 1.807) is 24.3 Å². The van der Waals surface area contributed by atoms with E-state index < -0.39 is 11.9 Å². The van der Waals surface area contributed by atoms with Crippen molar-refractivity contribution in [1.82, 2.24) is 4.90 Å². The number of halogens is 1. The minimum atomic E-state index is -0.930. The van der Waals surface area contributed by atoms with E-state index in [-0.39, 0.29) is 31.3 Å². The summed E-state index contributed by atoms with van der Waals surface area (Å²) in [7, 11) is 0. The van der Waals surface area contributed by atoms with Crippen LogP contribution in [0.4, 0.5) is 5.69 Å². The Bertz CT molecular complexity index is 559. The number of carbonyl (C=O) groups excluding carboxylic acids is 2. The lowest BCUT2D eigenvalue weighted by Gasteiger charge is -2.30. The van der Waals surface area contributed by atoms with Gasteiger partial charge in [0, 0.05) is 23.1 Å². The molecule has 1 aromatic carbocycles. The zero-order valence-electron chi connectivity index (χ0n) is 11.2. The van der Waals surface area contributed by atoms with Gasteiger partial charge in [0.05, 0.1) is 12.5 Å². The molecule has 1 aliphatic heterocycles.